The predicted molar refractivity (Wildman–Crippen MR) is 126 cm³/mol. The second kappa shape index (κ2) is 9.11. The van der Waals surface area contributed by atoms with Gasteiger partial charge in [0.05, 0.1) is 16.7 Å². The van der Waals surface area contributed by atoms with Crippen LogP contribution in [0.2, 0.25) is 0 Å². The molecule has 1 amide bonds. The van der Waals surface area contributed by atoms with Gasteiger partial charge >= 0.3 is 0 Å². The summed E-state index contributed by atoms with van der Waals surface area (Å²) in [6, 6.07) is 31.7. The number of hydrogen-bond donors (Lipinski definition) is 1. The first-order chi connectivity index (χ1) is 15.1. The SMILES string of the molecule is CN(Cc1ccccc1)C1=C(C#N)CC(C(=O)Nc2ccccc2)(c2ccccc2)S1. The minimum Gasteiger partial charge on any atom is -0.364 e. The van der Waals surface area contributed by atoms with Gasteiger partial charge in [0, 0.05) is 25.7 Å². The Kier molecular flexibility index (Phi) is 6.11. The van der Waals surface area contributed by atoms with E-state index in [1.165, 1.54) is 11.8 Å². The number of allylic oxidation sites excluding steroid dienone is 1. The smallest absolute Gasteiger partial charge is 0.245 e. The van der Waals surface area contributed by atoms with Crippen molar-refractivity contribution in [3.63, 3.8) is 0 Å². The lowest BCUT2D eigenvalue weighted by molar-refractivity contribution is -0.118. The average Bonchev–Trinajstić information content (AvgIpc) is 3.23. The molecule has 4 rings (SSSR count). The van der Waals surface area contributed by atoms with E-state index in [9.17, 15) is 10.1 Å². The number of hydrogen-bond acceptors (Lipinski definition) is 4. The molecule has 5 heteroatoms. The third-order valence-electron chi connectivity index (χ3n) is 5.34. The van der Waals surface area contributed by atoms with E-state index in [1.54, 1.807) is 0 Å². The molecule has 4 nitrogen and oxygen atoms in total. The van der Waals surface area contributed by atoms with Crippen molar-refractivity contribution in [2.45, 2.75) is 17.7 Å². The lowest BCUT2D eigenvalue weighted by Gasteiger charge is -2.29. The van der Waals surface area contributed by atoms with Crippen LogP contribution in [0.4, 0.5) is 5.69 Å². The zero-order chi connectivity index (χ0) is 21.7. The van der Waals surface area contributed by atoms with Gasteiger partial charge in [-0.3, -0.25) is 4.79 Å². The monoisotopic (exact) mass is 425 g/mol. The maximum atomic E-state index is 13.6. The molecular weight excluding hydrogens is 402 g/mol. The van der Waals surface area contributed by atoms with Gasteiger partial charge in [0.25, 0.3) is 0 Å². The van der Waals surface area contributed by atoms with Gasteiger partial charge in [-0.05, 0) is 23.3 Å². The number of carbonyl (C=O) groups is 1. The van der Waals surface area contributed by atoms with E-state index in [-0.39, 0.29) is 5.91 Å². The Bertz CT molecular complexity index is 1120. The summed E-state index contributed by atoms with van der Waals surface area (Å²) in [4.78, 5) is 15.7. The van der Waals surface area contributed by atoms with E-state index in [2.05, 4.69) is 28.4 Å². The average molecular weight is 426 g/mol. The molecule has 3 aromatic rings. The van der Waals surface area contributed by atoms with Gasteiger partial charge < -0.3 is 10.2 Å². The molecule has 1 aliphatic rings. The first kappa shape index (κ1) is 20.8. The molecule has 1 aliphatic heterocycles. The zero-order valence-corrected chi connectivity index (χ0v) is 18.1. The fourth-order valence-corrected chi connectivity index (χ4v) is 5.20. The molecule has 0 spiro atoms. The highest BCUT2D eigenvalue weighted by molar-refractivity contribution is 8.04. The molecule has 0 saturated heterocycles. The van der Waals surface area contributed by atoms with Crippen molar-refractivity contribution in [1.82, 2.24) is 4.90 Å². The van der Waals surface area contributed by atoms with Crippen molar-refractivity contribution < 1.29 is 4.79 Å². The number of thioether (sulfide) groups is 1. The number of benzene rings is 3. The van der Waals surface area contributed by atoms with Gasteiger partial charge in [-0.1, -0.05) is 90.6 Å². The van der Waals surface area contributed by atoms with Crippen LogP contribution in [0.3, 0.4) is 0 Å². The standard InChI is InChI=1S/C26H23N3OS/c1-29(19-20-11-5-2-6-12-20)24-21(18-27)17-26(31-24,22-13-7-3-8-14-22)25(30)28-23-15-9-4-10-16-23/h2-16H,17,19H2,1H3,(H,28,30). The van der Waals surface area contributed by atoms with Crippen LogP contribution in [0.15, 0.2) is 102 Å². The molecule has 31 heavy (non-hydrogen) atoms. The number of amides is 1. The van der Waals surface area contributed by atoms with Crippen molar-refractivity contribution in [2.75, 3.05) is 12.4 Å². The van der Waals surface area contributed by atoms with E-state index in [4.69, 9.17) is 0 Å². The Labute approximate surface area is 187 Å². The molecule has 1 unspecified atom stereocenters. The van der Waals surface area contributed by atoms with E-state index in [0.717, 1.165) is 21.8 Å². The highest BCUT2D eigenvalue weighted by Crippen LogP contribution is 2.54. The van der Waals surface area contributed by atoms with Crippen molar-refractivity contribution in [3.05, 3.63) is 113 Å². The van der Waals surface area contributed by atoms with E-state index in [1.807, 2.05) is 85.9 Å². The third-order valence-corrected chi connectivity index (χ3v) is 7.00. The summed E-state index contributed by atoms with van der Waals surface area (Å²) in [5.74, 6) is -0.120. The highest BCUT2D eigenvalue weighted by Gasteiger charge is 2.48. The van der Waals surface area contributed by atoms with Crippen LogP contribution in [0.1, 0.15) is 17.5 Å². The maximum Gasteiger partial charge on any atom is 0.245 e. The molecule has 0 fully saturated rings. The number of nitrogens with zero attached hydrogens (tertiary/aromatic N) is 2. The summed E-state index contributed by atoms with van der Waals surface area (Å²) >= 11 is 1.47. The lowest BCUT2D eigenvalue weighted by Crippen LogP contribution is -2.36. The van der Waals surface area contributed by atoms with Gasteiger partial charge in [-0.15, -0.1) is 0 Å². The molecule has 1 N–H and O–H groups in total. The Hall–Kier alpha value is -3.49. The van der Waals surface area contributed by atoms with E-state index < -0.39 is 4.75 Å². The molecule has 154 valence electrons. The Balaban J connectivity index is 1.67. The number of carbonyl (C=O) groups excluding carboxylic acids is 1. The summed E-state index contributed by atoms with van der Waals surface area (Å²) in [7, 11) is 1.98. The summed E-state index contributed by atoms with van der Waals surface area (Å²) in [6.07, 6.45) is 0.352. The maximum absolute atomic E-state index is 13.6. The van der Waals surface area contributed by atoms with Crippen LogP contribution in [0.25, 0.3) is 0 Å². The molecule has 0 aliphatic carbocycles. The van der Waals surface area contributed by atoms with Crippen LogP contribution < -0.4 is 5.32 Å². The number of anilines is 1. The topological polar surface area (TPSA) is 56.1 Å². The molecular formula is C26H23N3OS. The summed E-state index contributed by atoms with van der Waals surface area (Å²) < 4.78 is -0.900. The molecule has 0 radical (unpaired) electrons. The molecule has 1 atom stereocenters. The fraction of sp³-hybridized carbons (Fsp3) is 0.154. The molecule has 0 aromatic heterocycles. The second-order valence-electron chi connectivity index (χ2n) is 7.53. The van der Waals surface area contributed by atoms with Crippen LogP contribution in [0, 0.1) is 11.3 Å². The largest absolute Gasteiger partial charge is 0.364 e. The Morgan fingerprint density at radius 1 is 1.00 bits per heavy atom. The molecule has 1 heterocycles. The second-order valence-corrected chi connectivity index (χ2v) is 8.82. The van der Waals surface area contributed by atoms with Gasteiger partial charge in [-0.25, -0.2) is 0 Å². The summed E-state index contributed by atoms with van der Waals surface area (Å²) in [5, 5.41) is 13.8. The Morgan fingerprint density at radius 3 is 2.19 bits per heavy atom. The van der Waals surface area contributed by atoms with Crippen molar-refractivity contribution >= 4 is 23.4 Å². The first-order valence-corrected chi connectivity index (χ1v) is 10.9. The van der Waals surface area contributed by atoms with Crippen molar-refractivity contribution in [1.29, 1.82) is 5.26 Å². The van der Waals surface area contributed by atoms with Crippen LogP contribution >= 0.6 is 11.8 Å². The highest BCUT2D eigenvalue weighted by atomic mass is 32.2. The number of nitrogens with one attached hydrogen (secondary N) is 1. The summed E-state index contributed by atoms with van der Waals surface area (Å²) in [5.41, 5.74) is 3.43. The first-order valence-electron chi connectivity index (χ1n) is 10.1. The molecule has 0 saturated carbocycles. The van der Waals surface area contributed by atoms with Gasteiger partial charge in [0.15, 0.2) is 0 Å². The van der Waals surface area contributed by atoms with Crippen LogP contribution in [-0.2, 0) is 16.1 Å². The fourth-order valence-electron chi connectivity index (χ4n) is 3.79. The van der Waals surface area contributed by atoms with Crippen molar-refractivity contribution in [3.8, 4) is 6.07 Å². The lowest BCUT2D eigenvalue weighted by atomic mass is 9.90. The van der Waals surface area contributed by atoms with E-state index in [0.29, 0.717) is 18.5 Å². The van der Waals surface area contributed by atoms with E-state index >= 15 is 0 Å². The van der Waals surface area contributed by atoms with Crippen molar-refractivity contribution in [2.24, 2.45) is 0 Å². The van der Waals surface area contributed by atoms with Crippen LogP contribution in [-0.4, -0.2) is 17.9 Å². The predicted octanol–water partition coefficient (Wildman–Crippen LogP) is 5.52. The van der Waals surface area contributed by atoms with Gasteiger partial charge in [0.1, 0.15) is 4.75 Å². The Morgan fingerprint density at radius 2 is 1.58 bits per heavy atom. The van der Waals surface area contributed by atoms with Gasteiger partial charge in [-0.2, -0.15) is 5.26 Å². The van der Waals surface area contributed by atoms with Gasteiger partial charge in [0.2, 0.25) is 5.91 Å². The third kappa shape index (κ3) is 4.35. The number of para-hydroxylation sites is 1. The number of nitriles is 1. The normalized spacial score (nSPS) is 17.8. The minimum atomic E-state index is -0.900. The number of rotatable bonds is 6. The summed E-state index contributed by atoms with van der Waals surface area (Å²) in [6.45, 7) is 0.666. The minimum absolute atomic E-state index is 0.120. The quantitative estimate of drug-likeness (QED) is 0.565. The molecule has 0 bridgehead atoms. The van der Waals surface area contributed by atoms with Crippen LogP contribution in [0.5, 0.6) is 0 Å². The zero-order valence-electron chi connectivity index (χ0n) is 17.3. The molecule has 3 aromatic carbocycles.